The normalized spacial score (nSPS) is 20.1. The third-order valence-corrected chi connectivity index (χ3v) is 5.61. The molecule has 1 aromatic rings. The smallest absolute Gasteiger partial charge is 0.244 e. The van der Waals surface area contributed by atoms with Crippen LogP contribution in [0.2, 0.25) is 0 Å². The van der Waals surface area contributed by atoms with Crippen molar-refractivity contribution in [2.24, 2.45) is 0 Å². The average Bonchev–Trinajstić information content (AvgIpc) is 2.35. The number of nitrogens with zero attached hydrogens (tertiary/aromatic N) is 2. The van der Waals surface area contributed by atoms with Gasteiger partial charge in [-0.2, -0.15) is 4.31 Å². The lowest BCUT2D eigenvalue weighted by atomic mass is 10.0. The van der Waals surface area contributed by atoms with Gasteiger partial charge in [0.1, 0.15) is 11.3 Å². The van der Waals surface area contributed by atoms with Crippen LogP contribution in [0, 0.1) is 0 Å². The molecule has 7 heteroatoms. The second-order valence-electron chi connectivity index (χ2n) is 5.36. The van der Waals surface area contributed by atoms with E-state index in [1.807, 2.05) is 0 Å². The van der Waals surface area contributed by atoms with Gasteiger partial charge in [0.25, 0.3) is 0 Å². The molecule has 1 aliphatic heterocycles. The van der Waals surface area contributed by atoms with Crippen molar-refractivity contribution in [3.8, 4) is 5.75 Å². The lowest BCUT2D eigenvalue weighted by Crippen LogP contribution is -2.63. The third kappa shape index (κ3) is 2.27. The van der Waals surface area contributed by atoms with E-state index in [0.717, 1.165) is 0 Å². The Morgan fingerprint density at radius 2 is 1.90 bits per heavy atom. The minimum Gasteiger partial charge on any atom is -0.508 e. The topological polar surface area (TPSA) is 77.9 Å². The predicted octanol–water partition coefficient (Wildman–Crippen LogP) is 0.633. The fourth-order valence-corrected chi connectivity index (χ4v) is 4.16. The molecule has 0 atom stereocenters. The van der Waals surface area contributed by atoms with Crippen LogP contribution in [-0.4, -0.2) is 54.3 Å². The van der Waals surface area contributed by atoms with Crippen LogP contribution in [0.15, 0.2) is 29.2 Å². The summed E-state index contributed by atoms with van der Waals surface area (Å²) in [5.41, 5.74) is -1.14. The van der Waals surface area contributed by atoms with Gasteiger partial charge >= 0.3 is 0 Å². The monoisotopic (exact) mass is 298 g/mol. The summed E-state index contributed by atoms with van der Waals surface area (Å²) in [6.45, 7) is 3.75. The van der Waals surface area contributed by atoms with Crippen LogP contribution in [0.3, 0.4) is 0 Å². The number of phenolic OH excluding ortho intramolecular Hbond substituents is 1. The molecule has 0 saturated carbocycles. The fourth-order valence-electron chi connectivity index (χ4n) is 2.39. The Bertz CT molecular complexity index is 640. The van der Waals surface area contributed by atoms with Crippen LogP contribution in [0.4, 0.5) is 0 Å². The van der Waals surface area contributed by atoms with Gasteiger partial charge in [-0.15, -0.1) is 0 Å². The van der Waals surface area contributed by atoms with Gasteiger partial charge in [0.2, 0.25) is 15.9 Å². The number of benzene rings is 1. The molecule has 0 spiro atoms. The Labute approximate surface area is 118 Å². The minimum atomic E-state index is -3.82. The lowest BCUT2D eigenvalue weighted by Gasteiger charge is -2.43. The first-order valence-electron chi connectivity index (χ1n) is 6.25. The van der Waals surface area contributed by atoms with Gasteiger partial charge in [0.15, 0.2) is 0 Å². The highest BCUT2D eigenvalue weighted by atomic mass is 32.2. The number of aromatic hydroxyl groups is 1. The van der Waals surface area contributed by atoms with Gasteiger partial charge in [0, 0.05) is 20.1 Å². The van der Waals surface area contributed by atoms with E-state index in [1.165, 1.54) is 33.5 Å². The summed E-state index contributed by atoms with van der Waals surface area (Å²) in [6.07, 6.45) is 0. The number of carbonyl (C=O) groups excluding carboxylic acids is 1. The fraction of sp³-hybridized carbons (Fsp3) is 0.462. The molecule has 1 fully saturated rings. The van der Waals surface area contributed by atoms with Crippen molar-refractivity contribution in [1.82, 2.24) is 9.21 Å². The SMILES string of the molecule is CN1CCN(S(=O)(=O)c2cccc(O)c2)C(C)(C)C1=O. The molecule has 6 nitrogen and oxygen atoms in total. The summed E-state index contributed by atoms with van der Waals surface area (Å²) >= 11 is 0. The number of hydrogen-bond donors (Lipinski definition) is 1. The number of sulfonamides is 1. The first-order chi connectivity index (χ1) is 9.17. The molecule has 20 heavy (non-hydrogen) atoms. The van der Waals surface area contributed by atoms with Crippen molar-refractivity contribution in [2.45, 2.75) is 24.3 Å². The molecule has 1 heterocycles. The van der Waals surface area contributed by atoms with Gasteiger partial charge in [-0.3, -0.25) is 4.79 Å². The maximum Gasteiger partial charge on any atom is 0.244 e. The Kier molecular flexibility index (Phi) is 3.51. The maximum absolute atomic E-state index is 12.7. The van der Waals surface area contributed by atoms with E-state index in [1.54, 1.807) is 20.9 Å². The maximum atomic E-state index is 12.7. The highest BCUT2D eigenvalue weighted by Crippen LogP contribution is 2.29. The van der Waals surface area contributed by atoms with Crippen LogP contribution in [0.5, 0.6) is 5.75 Å². The van der Waals surface area contributed by atoms with Crippen molar-refractivity contribution in [3.63, 3.8) is 0 Å². The zero-order valence-electron chi connectivity index (χ0n) is 11.7. The van der Waals surface area contributed by atoms with Crippen LogP contribution in [0.1, 0.15) is 13.8 Å². The Morgan fingerprint density at radius 3 is 2.50 bits per heavy atom. The molecule has 0 radical (unpaired) electrons. The van der Waals surface area contributed by atoms with Gasteiger partial charge < -0.3 is 10.0 Å². The van der Waals surface area contributed by atoms with Crippen molar-refractivity contribution in [3.05, 3.63) is 24.3 Å². The van der Waals surface area contributed by atoms with E-state index in [2.05, 4.69) is 0 Å². The largest absolute Gasteiger partial charge is 0.508 e. The van der Waals surface area contributed by atoms with E-state index in [0.29, 0.717) is 6.54 Å². The van der Waals surface area contributed by atoms with Crippen LogP contribution < -0.4 is 0 Å². The van der Waals surface area contributed by atoms with Gasteiger partial charge in [-0.05, 0) is 32.0 Å². The first kappa shape index (κ1) is 14.8. The number of amides is 1. The number of carbonyl (C=O) groups is 1. The number of likely N-dealkylation sites (N-methyl/N-ethyl adjacent to an activating group) is 1. The van der Waals surface area contributed by atoms with Crippen molar-refractivity contribution in [2.75, 3.05) is 20.1 Å². The minimum absolute atomic E-state index is 0.0112. The number of hydrogen-bond acceptors (Lipinski definition) is 4. The number of phenols is 1. The average molecular weight is 298 g/mol. The summed E-state index contributed by atoms with van der Waals surface area (Å²) in [5.74, 6) is -0.364. The Hall–Kier alpha value is -1.60. The molecule has 1 saturated heterocycles. The molecular weight excluding hydrogens is 280 g/mol. The summed E-state index contributed by atoms with van der Waals surface area (Å²) in [7, 11) is -2.17. The number of piperazine rings is 1. The molecule has 0 aliphatic carbocycles. The second kappa shape index (κ2) is 4.75. The van der Waals surface area contributed by atoms with Gasteiger partial charge in [-0.1, -0.05) is 6.07 Å². The predicted molar refractivity (Wildman–Crippen MR) is 73.7 cm³/mol. The molecule has 2 rings (SSSR count). The van der Waals surface area contributed by atoms with Crippen LogP contribution in [-0.2, 0) is 14.8 Å². The number of rotatable bonds is 2. The Morgan fingerprint density at radius 1 is 1.25 bits per heavy atom. The van der Waals surface area contributed by atoms with E-state index in [-0.39, 0.29) is 23.1 Å². The Balaban J connectivity index is 2.47. The quantitative estimate of drug-likeness (QED) is 0.869. The molecule has 0 bridgehead atoms. The van der Waals surface area contributed by atoms with Crippen molar-refractivity contribution in [1.29, 1.82) is 0 Å². The van der Waals surface area contributed by atoms with Crippen LogP contribution in [0.25, 0.3) is 0 Å². The highest BCUT2D eigenvalue weighted by Gasteiger charge is 2.46. The molecule has 1 amide bonds. The first-order valence-corrected chi connectivity index (χ1v) is 7.69. The molecule has 0 unspecified atom stereocenters. The van der Waals surface area contributed by atoms with Gasteiger partial charge in [0.05, 0.1) is 4.90 Å². The zero-order chi connectivity index (χ0) is 15.1. The lowest BCUT2D eigenvalue weighted by molar-refractivity contribution is -0.142. The molecule has 0 aromatic heterocycles. The van der Waals surface area contributed by atoms with Crippen molar-refractivity contribution < 1.29 is 18.3 Å². The summed E-state index contributed by atoms with van der Waals surface area (Å²) in [6, 6.07) is 5.47. The second-order valence-corrected chi connectivity index (χ2v) is 7.22. The molecular formula is C13H18N2O4S. The summed E-state index contributed by atoms with van der Waals surface area (Å²) in [5, 5.41) is 9.44. The van der Waals surface area contributed by atoms with Crippen molar-refractivity contribution >= 4 is 15.9 Å². The summed E-state index contributed by atoms with van der Waals surface area (Å²) in [4.78, 5) is 13.7. The van der Waals surface area contributed by atoms with Gasteiger partial charge in [-0.25, -0.2) is 8.42 Å². The molecule has 1 aliphatic rings. The van der Waals surface area contributed by atoms with E-state index in [4.69, 9.17) is 0 Å². The third-order valence-electron chi connectivity index (χ3n) is 3.54. The van der Waals surface area contributed by atoms with E-state index < -0.39 is 15.6 Å². The summed E-state index contributed by atoms with van der Waals surface area (Å²) < 4.78 is 26.5. The molecule has 1 aromatic carbocycles. The van der Waals surface area contributed by atoms with E-state index >= 15 is 0 Å². The zero-order valence-corrected chi connectivity index (χ0v) is 12.5. The molecule has 1 N–H and O–H groups in total. The standard InChI is InChI=1S/C13H18N2O4S/c1-13(2)12(17)14(3)7-8-15(13)20(18,19)11-6-4-5-10(16)9-11/h4-6,9,16H,7-8H2,1-3H3. The van der Waals surface area contributed by atoms with E-state index in [9.17, 15) is 18.3 Å². The highest BCUT2D eigenvalue weighted by molar-refractivity contribution is 7.89. The molecule has 110 valence electrons. The van der Waals surface area contributed by atoms with Crippen LogP contribution >= 0.6 is 0 Å².